The first kappa shape index (κ1) is 18.4. The minimum absolute atomic E-state index is 0.0337. The summed E-state index contributed by atoms with van der Waals surface area (Å²) in [6.07, 6.45) is 0.321. The van der Waals surface area contributed by atoms with Crippen molar-refractivity contribution in [3.05, 3.63) is 71.2 Å². The Balaban J connectivity index is 1.24. The van der Waals surface area contributed by atoms with Gasteiger partial charge in [-0.3, -0.25) is 9.59 Å². The SMILES string of the molecule is O=C(CCC(=O)N1CC(Oc2ccc3ccccc3n2)C1)c1ccc(Cl)cc1. The average molecular weight is 395 g/mol. The number of rotatable bonds is 6. The molecule has 1 saturated heterocycles. The molecule has 0 radical (unpaired) electrons. The number of carbonyl (C=O) groups excluding carboxylic acids is 2. The van der Waals surface area contributed by atoms with Gasteiger partial charge in [-0.2, -0.15) is 0 Å². The molecule has 0 saturated carbocycles. The molecule has 6 heteroatoms. The van der Waals surface area contributed by atoms with Gasteiger partial charge in [-0.25, -0.2) is 4.98 Å². The molecule has 1 aliphatic heterocycles. The van der Waals surface area contributed by atoms with Crippen LogP contribution in [0.25, 0.3) is 10.9 Å². The minimum atomic E-state index is -0.0652. The van der Waals surface area contributed by atoms with Crippen LogP contribution in [0.5, 0.6) is 5.88 Å². The molecule has 1 aromatic heterocycles. The number of aromatic nitrogens is 1. The number of halogens is 1. The van der Waals surface area contributed by atoms with Crippen LogP contribution >= 0.6 is 11.6 Å². The zero-order valence-corrected chi connectivity index (χ0v) is 15.9. The molecule has 28 heavy (non-hydrogen) atoms. The second kappa shape index (κ2) is 7.98. The Morgan fingerprint density at radius 3 is 2.54 bits per heavy atom. The number of pyridine rings is 1. The van der Waals surface area contributed by atoms with Gasteiger partial charge in [-0.05, 0) is 36.4 Å². The summed E-state index contributed by atoms with van der Waals surface area (Å²) in [5.74, 6) is 0.473. The van der Waals surface area contributed by atoms with Gasteiger partial charge >= 0.3 is 0 Å². The summed E-state index contributed by atoms with van der Waals surface area (Å²) in [7, 11) is 0. The fourth-order valence-electron chi connectivity index (χ4n) is 3.16. The van der Waals surface area contributed by atoms with E-state index in [1.807, 2.05) is 36.4 Å². The molecular formula is C22H19ClN2O3. The van der Waals surface area contributed by atoms with Crippen LogP contribution in [-0.4, -0.2) is 40.8 Å². The number of fused-ring (bicyclic) bond motifs is 1. The molecule has 3 aromatic rings. The number of Topliss-reactive ketones (excluding diaryl/α,β-unsaturated/α-hetero) is 1. The predicted octanol–water partition coefficient (Wildman–Crippen LogP) is 4.14. The highest BCUT2D eigenvalue weighted by Crippen LogP contribution is 2.21. The topological polar surface area (TPSA) is 59.5 Å². The second-order valence-corrected chi connectivity index (χ2v) is 7.25. The van der Waals surface area contributed by atoms with Crippen molar-refractivity contribution < 1.29 is 14.3 Å². The van der Waals surface area contributed by atoms with E-state index in [1.165, 1.54) is 0 Å². The largest absolute Gasteiger partial charge is 0.471 e. The molecule has 4 rings (SSSR count). The molecule has 0 aliphatic carbocycles. The summed E-state index contributed by atoms with van der Waals surface area (Å²) in [6, 6.07) is 18.4. The number of amides is 1. The number of benzene rings is 2. The maximum Gasteiger partial charge on any atom is 0.223 e. The molecule has 5 nitrogen and oxygen atoms in total. The number of hydrogen-bond donors (Lipinski definition) is 0. The molecule has 1 fully saturated rings. The number of carbonyl (C=O) groups is 2. The Kier molecular flexibility index (Phi) is 5.26. The third-order valence-electron chi connectivity index (χ3n) is 4.79. The van der Waals surface area contributed by atoms with E-state index in [0.717, 1.165) is 10.9 Å². The molecule has 1 aliphatic rings. The first-order valence-corrected chi connectivity index (χ1v) is 9.55. The van der Waals surface area contributed by atoms with Crippen LogP contribution < -0.4 is 4.74 Å². The summed E-state index contributed by atoms with van der Waals surface area (Å²) >= 11 is 5.82. The van der Waals surface area contributed by atoms with Gasteiger partial charge in [-0.15, -0.1) is 0 Å². The molecule has 0 bridgehead atoms. The second-order valence-electron chi connectivity index (χ2n) is 6.81. The number of nitrogens with zero attached hydrogens (tertiary/aromatic N) is 2. The molecular weight excluding hydrogens is 376 g/mol. The van der Waals surface area contributed by atoms with Crippen LogP contribution in [0.3, 0.4) is 0 Å². The molecule has 0 atom stereocenters. The summed E-state index contributed by atoms with van der Waals surface area (Å²) < 4.78 is 5.86. The molecule has 0 unspecified atom stereocenters. The molecule has 0 spiro atoms. The van der Waals surface area contributed by atoms with Crippen molar-refractivity contribution in [3.63, 3.8) is 0 Å². The summed E-state index contributed by atoms with van der Waals surface area (Å²) in [4.78, 5) is 30.6. The summed E-state index contributed by atoms with van der Waals surface area (Å²) in [6.45, 7) is 1.03. The third kappa shape index (κ3) is 4.15. The fourth-order valence-corrected chi connectivity index (χ4v) is 3.28. The number of ketones is 1. The van der Waals surface area contributed by atoms with Gasteiger partial charge in [0.05, 0.1) is 18.6 Å². The van der Waals surface area contributed by atoms with E-state index in [4.69, 9.17) is 16.3 Å². The monoisotopic (exact) mass is 394 g/mol. The minimum Gasteiger partial charge on any atom is -0.471 e. The van der Waals surface area contributed by atoms with E-state index >= 15 is 0 Å². The first-order valence-electron chi connectivity index (χ1n) is 9.17. The van der Waals surface area contributed by atoms with Crippen LogP contribution in [0.1, 0.15) is 23.2 Å². The van der Waals surface area contributed by atoms with Gasteiger partial charge < -0.3 is 9.64 Å². The average Bonchev–Trinajstić information content (AvgIpc) is 2.68. The van der Waals surface area contributed by atoms with Crippen LogP contribution in [0.15, 0.2) is 60.7 Å². The number of likely N-dealkylation sites (tertiary alicyclic amines) is 1. The Hall–Kier alpha value is -2.92. The van der Waals surface area contributed by atoms with Crippen molar-refractivity contribution >= 4 is 34.2 Å². The highest BCUT2D eigenvalue weighted by Gasteiger charge is 2.32. The van der Waals surface area contributed by atoms with Crippen molar-refractivity contribution in [2.45, 2.75) is 18.9 Å². The standard InChI is InChI=1S/C22H19ClN2O3/c23-17-8-5-16(6-9-17)20(26)10-12-22(27)25-13-18(14-25)28-21-11-7-15-3-1-2-4-19(15)24-21/h1-9,11,18H,10,12-14H2. The molecule has 0 N–H and O–H groups in total. The lowest BCUT2D eigenvalue weighted by molar-refractivity contribution is -0.140. The molecule has 2 heterocycles. The van der Waals surface area contributed by atoms with Crippen molar-refractivity contribution in [3.8, 4) is 5.88 Å². The van der Waals surface area contributed by atoms with Crippen LogP contribution in [-0.2, 0) is 4.79 Å². The van der Waals surface area contributed by atoms with E-state index in [0.29, 0.717) is 29.6 Å². The van der Waals surface area contributed by atoms with Gasteiger partial charge in [0.1, 0.15) is 6.10 Å². The molecule has 1 amide bonds. The van der Waals surface area contributed by atoms with Gasteiger partial charge in [0, 0.05) is 34.9 Å². The Bertz CT molecular complexity index is 1010. The van der Waals surface area contributed by atoms with E-state index in [9.17, 15) is 9.59 Å². The van der Waals surface area contributed by atoms with E-state index < -0.39 is 0 Å². The number of ether oxygens (including phenoxy) is 1. The zero-order valence-electron chi connectivity index (χ0n) is 15.2. The van der Waals surface area contributed by atoms with Crippen LogP contribution in [0.4, 0.5) is 0 Å². The summed E-state index contributed by atoms with van der Waals surface area (Å²) in [5.41, 5.74) is 1.46. The van der Waals surface area contributed by atoms with Gasteiger partial charge in [0.15, 0.2) is 5.78 Å². The lowest BCUT2D eigenvalue weighted by Gasteiger charge is -2.38. The lowest BCUT2D eigenvalue weighted by atomic mass is 10.0. The number of hydrogen-bond acceptors (Lipinski definition) is 4. The lowest BCUT2D eigenvalue weighted by Crippen LogP contribution is -2.56. The zero-order chi connectivity index (χ0) is 19.5. The smallest absolute Gasteiger partial charge is 0.223 e. The van der Waals surface area contributed by atoms with Crippen molar-refractivity contribution in [2.24, 2.45) is 0 Å². The maximum absolute atomic E-state index is 12.3. The van der Waals surface area contributed by atoms with Crippen LogP contribution in [0.2, 0.25) is 5.02 Å². The van der Waals surface area contributed by atoms with E-state index in [2.05, 4.69) is 4.98 Å². The highest BCUT2D eigenvalue weighted by atomic mass is 35.5. The summed E-state index contributed by atoms with van der Waals surface area (Å²) in [5, 5.41) is 1.64. The first-order chi connectivity index (χ1) is 13.6. The van der Waals surface area contributed by atoms with Gasteiger partial charge in [-0.1, -0.05) is 29.8 Å². The van der Waals surface area contributed by atoms with Gasteiger partial charge in [0.2, 0.25) is 11.8 Å². The fraction of sp³-hybridized carbons (Fsp3) is 0.227. The van der Waals surface area contributed by atoms with Crippen molar-refractivity contribution in [1.29, 1.82) is 0 Å². The molecule has 2 aromatic carbocycles. The Labute approximate surface area is 167 Å². The normalized spacial score (nSPS) is 14.0. The quantitative estimate of drug-likeness (QED) is 0.589. The van der Waals surface area contributed by atoms with Gasteiger partial charge in [0.25, 0.3) is 0 Å². The van der Waals surface area contributed by atoms with Crippen LogP contribution in [0, 0.1) is 0 Å². The predicted molar refractivity (Wildman–Crippen MR) is 108 cm³/mol. The third-order valence-corrected chi connectivity index (χ3v) is 5.05. The molecule has 142 valence electrons. The highest BCUT2D eigenvalue weighted by molar-refractivity contribution is 6.30. The number of para-hydroxylation sites is 1. The van der Waals surface area contributed by atoms with E-state index in [1.54, 1.807) is 29.2 Å². The Morgan fingerprint density at radius 2 is 1.75 bits per heavy atom. The van der Waals surface area contributed by atoms with E-state index in [-0.39, 0.29) is 30.6 Å². The van der Waals surface area contributed by atoms with Crippen molar-refractivity contribution in [1.82, 2.24) is 9.88 Å². The maximum atomic E-state index is 12.3. The Morgan fingerprint density at radius 1 is 1.00 bits per heavy atom. The van der Waals surface area contributed by atoms with Crippen molar-refractivity contribution in [2.75, 3.05) is 13.1 Å².